The minimum absolute atomic E-state index is 0.00465. The summed E-state index contributed by atoms with van der Waals surface area (Å²) in [5, 5.41) is 0. The molecule has 2 bridgehead atoms. The normalized spacial score (nSPS) is 23.5. The zero-order valence-electron chi connectivity index (χ0n) is 24.8. The van der Waals surface area contributed by atoms with Crippen LogP contribution in [0, 0.1) is 0 Å². The van der Waals surface area contributed by atoms with Gasteiger partial charge in [-0.2, -0.15) is 13.9 Å². The van der Waals surface area contributed by atoms with Crippen LogP contribution in [0.1, 0.15) is 104 Å². The van der Waals surface area contributed by atoms with E-state index in [4.69, 9.17) is 18.5 Å². The Balaban J connectivity index is 1.41. The number of phosphoric ester groups is 1. The number of nitrogens with zero attached hydrogens (tertiary/aromatic N) is 2. The minimum Gasteiger partial charge on any atom is -0.606 e. The molecule has 3 fully saturated rings. The van der Waals surface area contributed by atoms with Crippen LogP contribution in [0.25, 0.3) is 0 Å². The lowest BCUT2D eigenvalue weighted by Crippen LogP contribution is -2.67. The van der Waals surface area contributed by atoms with Crippen LogP contribution in [0.5, 0.6) is 0 Å². The van der Waals surface area contributed by atoms with Gasteiger partial charge >= 0.3 is 8.17 Å². The second-order valence-electron chi connectivity index (χ2n) is 11.4. The molecule has 0 aromatic heterocycles. The van der Waals surface area contributed by atoms with Crippen LogP contribution < -0.4 is 4.89 Å². The molecule has 38 heavy (non-hydrogen) atoms. The van der Waals surface area contributed by atoms with Gasteiger partial charge < -0.3 is 18.9 Å². The Morgan fingerprint density at radius 3 is 1.79 bits per heavy atom. The minimum atomic E-state index is -4.10. The van der Waals surface area contributed by atoms with Gasteiger partial charge in [0, 0.05) is 32.8 Å². The lowest BCUT2D eigenvalue weighted by molar-refractivity contribution is -0.941. The summed E-state index contributed by atoms with van der Waals surface area (Å²) >= 11 is 0. The SMILES string of the molecule is CCCCCCCCCCCCCCCCOCC(CO[P+]([O-])(O)OCC[N+]12CCN(CC1)CC2)OCC. The van der Waals surface area contributed by atoms with Crippen LogP contribution in [0.4, 0.5) is 0 Å². The molecule has 0 radical (unpaired) electrons. The molecule has 8 nitrogen and oxygen atoms in total. The molecule has 0 aromatic rings. The fraction of sp³-hybridized carbons (Fsp3) is 1.00. The Kier molecular flexibility index (Phi) is 18.9. The van der Waals surface area contributed by atoms with E-state index in [0.717, 1.165) is 56.7 Å². The van der Waals surface area contributed by atoms with Crippen molar-refractivity contribution in [1.82, 2.24) is 4.90 Å². The van der Waals surface area contributed by atoms with Gasteiger partial charge in [-0.05, 0) is 13.3 Å². The zero-order valence-corrected chi connectivity index (χ0v) is 25.7. The smallest absolute Gasteiger partial charge is 0.377 e. The lowest BCUT2D eigenvalue weighted by Gasteiger charge is -2.50. The molecule has 2 unspecified atom stereocenters. The van der Waals surface area contributed by atoms with Crippen LogP contribution in [0.15, 0.2) is 0 Å². The second-order valence-corrected chi connectivity index (χ2v) is 12.9. The fourth-order valence-corrected chi connectivity index (χ4v) is 6.37. The molecular formula is C29H60N2O6P+. The molecule has 3 saturated heterocycles. The summed E-state index contributed by atoms with van der Waals surface area (Å²) in [6.07, 6.45) is 18.4. The van der Waals surface area contributed by atoms with Crippen LogP contribution in [0.3, 0.4) is 0 Å². The van der Waals surface area contributed by atoms with Gasteiger partial charge in [0.05, 0.1) is 26.2 Å². The molecule has 3 aliphatic heterocycles. The molecule has 0 amide bonds. The summed E-state index contributed by atoms with van der Waals surface area (Å²) in [6.45, 7) is 13.4. The Morgan fingerprint density at radius 2 is 1.26 bits per heavy atom. The first kappa shape index (κ1) is 34.3. The number of hydrogen-bond donors (Lipinski definition) is 1. The molecule has 9 heteroatoms. The summed E-state index contributed by atoms with van der Waals surface area (Å²) in [5.41, 5.74) is 0. The van der Waals surface area contributed by atoms with E-state index < -0.39 is 8.17 Å². The molecule has 3 aliphatic rings. The van der Waals surface area contributed by atoms with Crippen molar-refractivity contribution in [3.05, 3.63) is 0 Å². The standard InChI is InChI=1S/C29H59N2O6P/c1-3-5-6-7-8-9-10-11-12-13-14-15-16-17-25-34-27-29(35-4-2)28-37-38(32,33)36-26-24-31-21-18-30(19-22-31)20-23-31/h29H,3-28H2,1-2H3/p+1. The summed E-state index contributed by atoms with van der Waals surface area (Å²) in [5.74, 6) is 0. The van der Waals surface area contributed by atoms with Gasteiger partial charge in [0.15, 0.2) is 0 Å². The number of quaternary nitrogens is 1. The molecule has 3 heterocycles. The summed E-state index contributed by atoms with van der Waals surface area (Å²) in [4.78, 5) is 25.0. The first-order valence-electron chi connectivity index (χ1n) is 15.9. The van der Waals surface area contributed by atoms with E-state index in [0.29, 0.717) is 19.8 Å². The van der Waals surface area contributed by atoms with Crippen molar-refractivity contribution < 1.29 is 32.8 Å². The third-order valence-electron chi connectivity index (χ3n) is 8.26. The van der Waals surface area contributed by atoms with E-state index in [9.17, 15) is 9.79 Å². The Bertz CT molecular complexity index is 549. The highest BCUT2D eigenvalue weighted by molar-refractivity contribution is 7.52. The maximum Gasteiger partial charge on any atom is 0.377 e. The number of unbranched alkanes of at least 4 members (excludes halogenated alkanes) is 13. The number of fused-ring (bicyclic) bond motifs is 3. The zero-order chi connectivity index (χ0) is 27.4. The second kappa shape index (κ2) is 20.9. The molecule has 0 aromatic carbocycles. The molecule has 0 saturated carbocycles. The predicted octanol–water partition coefficient (Wildman–Crippen LogP) is 5.10. The Labute approximate surface area is 234 Å². The molecule has 226 valence electrons. The molecule has 3 rings (SSSR count). The molecule has 0 spiro atoms. The maximum atomic E-state index is 12.4. The first-order valence-corrected chi connectivity index (χ1v) is 17.4. The van der Waals surface area contributed by atoms with Crippen molar-refractivity contribution in [3.8, 4) is 0 Å². The number of hydrogen-bond acceptors (Lipinski definition) is 7. The molecule has 1 N–H and O–H groups in total. The summed E-state index contributed by atoms with van der Waals surface area (Å²) in [7, 11) is -4.10. The largest absolute Gasteiger partial charge is 0.606 e. The topological polar surface area (TPSA) is 83.5 Å². The predicted molar refractivity (Wildman–Crippen MR) is 154 cm³/mol. The highest BCUT2D eigenvalue weighted by Crippen LogP contribution is 2.47. The third-order valence-corrected chi connectivity index (χ3v) is 9.25. The van der Waals surface area contributed by atoms with Gasteiger partial charge in [0.1, 0.15) is 25.9 Å². The molecular weight excluding hydrogens is 503 g/mol. The average Bonchev–Trinajstić information content (AvgIpc) is 2.92. The van der Waals surface area contributed by atoms with Crippen LogP contribution in [-0.4, -0.2) is 99.2 Å². The van der Waals surface area contributed by atoms with E-state index in [1.165, 1.54) is 83.5 Å². The van der Waals surface area contributed by atoms with Gasteiger partial charge in [0.25, 0.3) is 0 Å². The van der Waals surface area contributed by atoms with Crippen molar-refractivity contribution >= 4 is 8.17 Å². The Morgan fingerprint density at radius 1 is 0.737 bits per heavy atom. The molecule has 0 aliphatic carbocycles. The maximum absolute atomic E-state index is 12.4. The highest BCUT2D eigenvalue weighted by atomic mass is 31.2. The fourth-order valence-electron chi connectivity index (χ4n) is 5.62. The quantitative estimate of drug-likeness (QED) is 0.0891. The van der Waals surface area contributed by atoms with Crippen molar-refractivity contribution in [1.29, 1.82) is 0 Å². The van der Waals surface area contributed by atoms with E-state index in [-0.39, 0.29) is 19.3 Å². The van der Waals surface area contributed by atoms with E-state index in [2.05, 4.69) is 11.8 Å². The number of phosphoric acid groups is 1. The van der Waals surface area contributed by atoms with Crippen molar-refractivity contribution in [2.75, 3.05) is 78.8 Å². The van der Waals surface area contributed by atoms with E-state index in [1.807, 2.05) is 6.92 Å². The van der Waals surface area contributed by atoms with Crippen molar-refractivity contribution in [2.24, 2.45) is 0 Å². The number of rotatable bonds is 26. The van der Waals surface area contributed by atoms with Gasteiger partial charge in [-0.3, -0.25) is 4.90 Å². The van der Waals surface area contributed by atoms with Crippen LogP contribution in [-0.2, 0) is 18.5 Å². The third kappa shape index (κ3) is 15.8. The average molecular weight is 564 g/mol. The Hall–Kier alpha value is 0.110. The summed E-state index contributed by atoms with van der Waals surface area (Å²) < 4.78 is 23.0. The first-order chi connectivity index (χ1) is 18.5. The number of ether oxygens (including phenoxy) is 2. The van der Waals surface area contributed by atoms with Crippen molar-refractivity contribution in [2.45, 2.75) is 110 Å². The van der Waals surface area contributed by atoms with Crippen molar-refractivity contribution in [3.63, 3.8) is 0 Å². The van der Waals surface area contributed by atoms with Crippen LogP contribution >= 0.6 is 8.17 Å². The van der Waals surface area contributed by atoms with Gasteiger partial charge in [-0.25, -0.2) is 0 Å². The number of piperazine rings is 3. The summed E-state index contributed by atoms with van der Waals surface area (Å²) in [6, 6.07) is 0. The van der Waals surface area contributed by atoms with Gasteiger partial charge in [-0.15, -0.1) is 0 Å². The van der Waals surface area contributed by atoms with E-state index >= 15 is 0 Å². The monoisotopic (exact) mass is 563 g/mol. The van der Waals surface area contributed by atoms with Gasteiger partial charge in [-0.1, -0.05) is 90.4 Å². The van der Waals surface area contributed by atoms with Crippen LogP contribution in [0.2, 0.25) is 0 Å². The van der Waals surface area contributed by atoms with Gasteiger partial charge in [0.2, 0.25) is 0 Å². The lowest BCUT2D eigenvalue weighted by atomic mass is 10.0. The van der Waals surface area contributed by atoms with E-state index in [1.54, 1.807) is 0 Å². The highest BCUT2D eigenvalue weighted by Gasteiger charge is 2.39. The molecule has 2 atom stereocenters.